The van der Waals surface area contributed by atoms with Crippen LogP contribution in [0.25, 0.3) is 0 Å². The lowest BCUT2D eigenvalue weighted by molar-refractivity contribution is -0.117. The fourth-order valence-electron chi connectivity index (χ4n) is 4.68. The Kier molecular flexibility index (Phi) is 8.17. The second kappa shape index (κ2) is 11.3. The molecule has 6 nitrogen and oxygen atoms in total. The van der Waals surface area contributed by atoms with Crippen LogP contribution in [0.1, 0.15) is 58.1 Å². The molecular weight excluding hydrogens is 434 g/mol. The Bertz CT molecular complexity index is 962. The largest absolute Gasteiger partial charge is 0.462 e. The predicted octanol–water partition coefficient (Wildman–Crippen LogP) is 4.26. The summed E-state index contributed by atoms with van der Waals surface area (Å²) in [7, 11) is 0. The molecule has 178 valence electrons. The Morgan fingerprint density at radius 3 is 2.42 bits per heavy atom. The molecule has 1 saturated heterocycles. The first-order valence-electron chi connectivity index (χ1n) is 12.1. The molecule has 2 aliphatic rings. The van der Waals surface area contributed by atoms with Crippen LogP contribution in [-0.2, 0) is 28.9 Å². The number of nitrogens with zero attached hydrogens (tertiary/aromatic N) is 2. The lowest BCUT2D eigenvalue weighted by Gasteiger charge is -2.34. The number of carbonyl (C=O) groups excluding carboxylic acids is 2. The summed E-state index contributed by atoms with van der Waals surface area (Å²) in [5.41, 5.74) is 4.30. The molecule has 2 aromatic rings. The maximum Gasteiger partial charge on any atom is 0.341 e. The van der Waals surface area contributed by atoms with Crippen molar-refractivity contribution in [1.82, 2.24) is 9.80 Å². The standard InChI is InChI=1S/C26H35N3O3S/c1-3-32-26(31)24-21-7-5-4-6-8-22(21)33-25(24)27-23(30)18-29-15-13-28(14-16-29)17-20-11-9-19(2)10-12-20/h9-12H,3-8,13-18H2,1-2H3,(H,27,30). The highest BCUT2D eigenvalue weighted by molar-refractivity contribution is 7.17. The molecular formula is C26H35N3O3S. The van der Waals surface area contributed by atoms with Crippen molar-refractivity contribution < 1.29 is 14.3 Å². The summed E-state index contributed by atoms with van der Waals surface area (Å²) in [6.45, 7) is 9.19. The van der Waals surface area contributed by atoms with E-state index in [2.05, 4.69) is 46.3 Å². The minimum atomic E-state index is -0.308. The van der Waals surface area contributed by atoms with Crippen molar-refractivity contribution in [2.75, 3.05) is 44.6 Å². The number of hydrogen-bond donors (Lipinski definition) is 1. The van der Waals surface area contributed by atoms with Gasteiger partial charge in [-0.2, -0.15) is 0 Å². The van der Waals surface area contributed by atoms with Gasteiger partial charge >= 0.3 is 5.97 Å². The van der Waals surface area contributed by atoms with Crippen molar-refractivity contribution >= 4 is 28.2 Å². The van der Waals surface area contributed by atoms with Crippen LogP contribution in [0.2, 0.25) is 0 Å². The molecule has 0 saturated carbocycles. The van der Waals surface area contributed by atoms with Gasteiger partial charge in [-0.25, -0.2) is 4.79 Å². The van der Waals surface area contributed by atoms with Gasteiger partial charge in [0.2, 0.25) is 5.91 Å². The minimum absolute atomic E-state index is 0.0519. The van der Waals surface area contributed by atoms with Gasteiger partial charge in [0.1, 0.15) is 5.00 Å². The molecule has 0 spiro atoms. The first kappa shape index (κ1) is 23.9. The first-order valence-corrected chi connectivity index (χ1v) is 13.0. The smallest absolute Gasteiger partial charge is 0.341 e. The first-order chi connectivity index (χ1) is 16.0. The van der Waals surface area contributed by atoms with Crippen molar-refractivity contribution in [2.45, 2.75) is 52.5 Å². The molecule has 1 fully saturated rings. The number of hydrogen-bond acceptors (Lipinski definition) is 6. The van der Waals surface area contributed by atoms with Crippen LogP contribution in [0, 0.1) is 6.92 Å². The van der Waals surface area contributed by atoms with Gasteiger partial charge in [0.25, 0.3) is 0 Å². The summed E-state index contributed by atoms with van der Waals surface area (Å²) >= 11 is 1.56. The van der Waals surface area contributed by atoms with Gasteiger partial charge in [-0.1, -0.05) is 36.2 Å². The molecule has 0 unspecified atom stereocenters. The van der Waals surface area contributed by atoms with E-state index in [1.165, 1.54) is 22.4 Å². The van der Waals surface area contributed by atoms with Crippen LogP contribution in [0.3, 0.4) is 0 Å². The third-order valence-electron chi connectivity index (χ3n) is 6.51. The number of aryl methyl sites for hydroxylation is 2. The zero-order valence-electron chi connectivity index (χ0n) is 19.8. The molecule has 1 amide bonds. The topological polar surface area (TPSA) is 61.9 Å². The molecule has 4 rings (SSSR count). The van der Waals surface area contributed by atoms with E-state index >= 15 is 0 Å². The number of fused-ring (bicyclic) bond motifs is 1. The van der Waals surface area contributed by atoms with E-state index in [1.807, 2.05) is 6.92 Å². The predicted molar refractivity (Wildman–Crippen MR) is 133 cm³/mol. The summed E-state index contributed by atoms with van der Waals surface area (Å²) in [5, 5.41) is 3.72. The molecule has 1 aliphatic heterocycles. The number of anilines is 1. The normalized spacial score (nSPS) is 17.3. The Morgan fingerprint density at radius 1 is 1.00 bits per heavy atom. The third-order valence-corrected chi connectivity index (χ3v) is 7.72. The molecule has 0 bridgehead atoms. The summed E-state index contributed by atoms with van der Waals surface area (Å²) in [4.78, 5) is 31.5. The van der Waals surface area contributed by atoms with E-state index in [-0.39, 0.29) is 11.9 Å². The summed E-state index contributed by atoms with van der Waals surface area (Å²) < 4.78 is 5.33. The van der Waals surface area contributed by atoms with E-state index in [1.54, 1.807) is 11.3 Å². The summed E-state index contributed by atoms with van der Waals surface area (Å²) in [5.74, 6) is -0.360. The van der Waals surface area contributed by atoms with Gasteiger partial charge < -0.3 is 10.1 Å². The fourth-order valence-corrected chi connectivity index (χ4v) is 5.97. The number of thiophene rings is 1. The monoisotopic (exact) mass is 469 g/mol. The van der Waals surface area contributed by atoms with Gasteiger partial charge in [-0.05, 0) is 50.7 Å². The molecule has 33 heavy (non-hydrogen) atoms. The van der Waals surface area contributed by atoms with Crippen LogP contribution < -0.4 is 5.32 Å². The quantitative estimate of drug-likeness (QED) is 0.485. The second-order valence-corrected chi connectivity index (χ2v) is 10.2. The Balaban J connectivity index is 1.33. The van der Waals surface area contributed by atoms with Crippen LogP contribution in [0.4, 0.5) is 5.00 Å². The van der Waals surface area contributed by atoms with Crippen molar-refractivity contribution in [3.05, 3.63) is 51.4 Å². The highest BCUT2D eigenvalue weighted by atomic mass is 32.1. The van der Waals surface area contributed by atoms with Gasteiger partial charge in [0, 0.05) is 37.6 Å². The highest BCUT2D eigenvalue weighted by Gasteiger charge is 2.27. The van der Waals surface area contributed by atoms with Crippen LogP contribution in [0.15, 0.2) is 24.3 Å². The van der Waals surface area contributed by atoms with Crippen LogP contribution in [0.5, 0.6) is 0 Å². The molecule has 1 aliphatic carbocycles. The molecule has 0 atom stereocenters. The lowest BCUT2D eigenvalue weighted by Crippen LogP contribution is -2.48. The molecule has 1 aromatic heterocycles. The van der Waals surface area contributed by atoms with E-state index < -0.39 is 0 Å². The van der Waals surface area contributed by atoms with Crippen molar-refractivity contribution in [3.8, 4) is 0 Å². The SMILES string of the molecule is CCOC(=O)c1c(NC(=O)CN2CCN(Cc3ccc(C)cc3)CC2)sc2c1CCCCC2. The summed E-state index contributed by atoms with van der Waals surface area (Å²) in [6, 6.07) is 8.70. The minimum Gasteiger partial charge on any atom is -0.462 e. The lowest BCUT2D eigenvalue weighted by atomic mass is 10.1. The third kappa shape index (κ3) is 6.22. The molecule has 1 aromatic carbocycles. The second-order valence-electron chi connectivity index (χ2n) is 9.08. The highest BCUT2D eigenvalue weighted by Crippen LogP contribution is 2.38. The Labute approximate surface area is 200 Å². The number of esters is 1. The number of amides is 1. The van der Waals surface area contributed by atoms with Crippen molar-refractivity contribution in [1.29, 1.82) is 0 Å². The molecule has 1 N–H and O–H groups in total. The number of piperazine rings is 1. The Morgan fingerprint density at radius 2 is 1.70 bits per heavy atom. The van der Waals surface area contributed by atoms with Gasteiger partial charge in [0.15, 0.2) is 0 Å². The zero-order chi connectivity index (χ0) is 23.2. The molecule has 2 heterocycles. The number of ether oxygens (including phenoxy) is 1. The Hall–Kier alpha value is -2.22. The van der Waals surface area contributed by atoms with Crippen molar-refractivity contribution in [3.63, 3.8) is 0 Å². The van der Waals surface area contributed by atoms with E-state index in [0.717, 1.165) is 64.0 Å². The average Bonchev–Trinajstić information content (AvgIpc) is 2.97. The van der Waals surface area contributed by atoms with Crippen LogP contribution in [-0.4, -0.2) is 61.0 Å². The molecule has 7 heteroatoms. The number of rotatable bonds is 7. The van der Waals surface area contributed by atoms with E-state index in [0.29, 0.717) is 23.7 Å². The summed E-state index contributed by atoms with van der Waals surface area (Å²) in [6.07, 6.45) is 5.26. The van der Waals surface area contributed by atoms with Crippen molar-refractivity contribution in [2.24, 2.45) is 0 Å². The zero-order valence-corrected chi connectivity index (χ0v) is 20.6. The van der Waals surface area contributed by atoms with Gasteiger partial charge in [0.05, 0.1) is 18.7 Å². The van der Waals surface area contributed by atoms with Gasteiger partial charge in [-0.3, -0.25) is 14.6 Å². The van der Waals surface area contributed by atoms with Gasteiger partial charge in [-0.15, -0.1) is 11.3 Å². The average molecular weight is 470 g/mol. The maximum atomic E-state index is 12.9. The molecule has 0 radical (unpaired) electrons. The number of nitrogens with one attached hydrogen (secondary N) is 1. The number of benzene rings is 1. The van der Waals surface area contributed by atoms with Crippen LogP contribution >= 0.6 is 11.3 Å². The van der Waals surface area contributed by atoms with E-state index in [9.17, 15) is 9.59 Å². The fraction of sp³-hybridized carbons (Fsp3) is 0.538. The maximum absolute atomic E-state index is 12.9. The number of carbonyl (C=O) groups is 2. The van der Waals surface area contributed by atoms with E-state index in [4.69, 9.17) is 4.74 Å².